The molecule has 1 unspecified atom stereocenters. The first kappa shape index (κ1) is 15.5. The number of nitrogens with one attached hydrogen (secondary N) is 2. The number of nitriles is 1. The monoisotopic (exact) mass is 299 g/mol. The van der Waals surface area contributed by atoms with E-state index in [0.29, 0.717) is 11.3 Å². The number of para-hydroxylation sites is 1. The first-order chi connectivity index (χ1) is 10.6. The van der Waals surface area contributed by atoms with Crippen LogP contribution in [-0.4, -0.2) is 17.7 Å². The van der Waals surface area contributed by atoms with Crippen molar-refractivity contribution in [2.24, 2.45) is 0 Å². The second-order valence-corrected chi connectivity index (χ2v) is 4.53. The van der Waals surface area contributed by atoms with Gasteiger partial charge in [0.2, 0.25) is 0 Å². The van der Waals surface area contributed by atoms with E-state index < -0.39 is 18.0 Å². The van der Waals surface area contributed by atoms with Crippen molar-refractivity contribution >= 4 is 11.7 Å². The van der Waals surface area contributed by atoms with Gasteiger partial charge in [0.15, 0.2) is 0 Å². The van der Waals surface area contributed by atoms with Gasteiger partial charge >= 0.3 is 6.03 Å². The molecule has 2 rings (SSSR count). The van der Waals surface area contributed by atoms with Gasteiger partial charge in [-0.1, -0.05) is 30.3 Å². The first-order valence-corrected chi connectivity index (χ1v) is 6.58. The fraction of sp³-hybridized carbons (Fsp3) is 0.125. The summed E-state index contributed by atoms with van der Waals surface area (Å²) in [6.45, 7) is -0.151. The maximum atomic E-state index is 13.5. The second-order valence-electron chi connectivity index (χ2n) is 4.53. The maximum absolute atomic E-state index is 13.5. The molecule has 112 valence electrons. The molecule has 0 aliphatic carbocycles. The number of nitrogens with zero attached hydrogens (tertiary/aromatic N) is 1. The Kier molecular flexibility index (Phi) is 5.07. The van der Waals surface area contributed by atoms with E-state index in [2.05, 4.69) is 10.6 Å². The topological polar surface area (TPSA) is 85.2 Å². The SMILES string of the molecule is N#Cc1ccccc1NC(=O)NCC(O)c1ccccc1F. The molecule has 0 aromatic heterocycles. The lowest BCUT2D eigenvalue weighted by Crippen LogP contribution is -2.32. The Bertz CT molecular complexity index is 713. The van der Waals surface area contributed by atoms with Gasteiger partial charge in [-0.15, -0.1) is 0 Å². The van der Waals surface area contributed by atoms with Crippen molar-refractivity contribution in [3.8, 4) is 6.07 Å². The molecule has 0 saturated heterocycles. The fourth-order valence-electron chi connectivity index (χ4n) is 1.90. The Morgan fingerprint density at radius 1 is 1.23 bits per heavy atom. The first-order valence-electron chi connectivity index (χ1n) is 6.58. The van der Waals surface area contributed by atoms with Crippen LogP contribution in [0.4, 0.5) is 14.9 Å². The zero-order valence-electron chi connectivity index (χ0n) is 11.6. The van der Waals surface area contributed by atoms with Gasteiger partial charge < -0.3 is 15.7 Å². The molecule has 0 spiro atoms. The highest BCUT2D eigenvalue weighted by Crippen LogP contribution is 2.16. The van der Waals surface area contributed by atoms with Crippen molar-refractivity contribution in [2.75, 3.05) is 11.9 Å². The zero-order valence-corrected chi connectivity index (χ0v) is 11.6. The Balaban J connectivity index is 1.93. The summed E-state index contributed by atoms with van der Waals surface area (Å²) in [6, 6.07) is 13.7. The predicted octanol–water partition coefficient (Wildman–Crippen LogP) is 2.55. The van der Waals surface area contributed by atoms with Gasteiger partial charge in [-0.3, -0.25) is 0 Å². The number of hydrogen-bond acceptors (Lipinski definition) is 3. The van der Waals surface area contributed by atoms with Crippen molar-refractivity contribution < 1.29 is 14.3 Å². The number of urea groups is 1. The van der Waals surface area contributed by atoms with Crippen LogP contribution in [0.1, 0.15) is 17.2 Å². The van der Waals surface area contributed by atoms with Gasteiger partial charge in [0, 0.05) is 12.1 Å². The molecule has 0 radical (unpaired) electrons. The average molecular weight is 299 g/mol. The smallest absolute Gasteiger partial charge is 0.319 e. The van der Waals surface area contributed by atoms with E-state index >= 15 is 0 Å². The molecule has 0 saturated carbocycles. The number of aliphatic hydroxyl groups is 1. The van der Waals surface area contributed by atoms with E-state index in [1.807, 2.05) is 6.07 Å². The largest absolute Gasteiger partial charge is 0.386 e. The normalized spacial score (nSPS) is 11.3. The van der Waals surface area contributed by atoms with E-state index in [1.165, 1.54) is 18.2 Å². The summed E-state index contributed by atoms with van der Waals surface area (Å²) >= 11 is 0. The van der Waals surface area contributed by atoms with Crippen LogP contribution in [0.2, 0.25) is 0 Å². The molecule has 0 fully saturated rings. The molecular weight excluding hydrogens is 285 g/mol. The molecular formula is C16H14FN3O2. The van der Waals surface area contributed by atoms with Crippen LogP contribution in [0, 0.1) is 17.1 Å². The Morgan fingerprint density at radius 2 is 1.91 bits per heavy atom. The van der Waals surface area contributed by atoms with Crippen molar-refractivity contribution in [3.05, 3.63) is 65.5 Å². The molecule has 0 bridgehead atoms. The summed E-state index contributed by atoms with van der Waals surface area (Å²) in [6.07, 6.45) is -1.15. The molecule has 0 aliphatic heterocycles. The van der Waals surface area contributed by atoms with Crippen molar-refractivity contribution in [1.82, 2.24) is 5.32 Å². The number of carbonyl (C=O) groups excluding carboxylic acids is 1. The minimum Gasteiger partial charge on any atom is -0.386 e. The molecule has 2 amide bonds. The predicted molar refractivity (Wildman–Crippen MR) is 79.5 cm³/mol. The Labute approximate surface area is 127 Å². The third-order valence-corrected chi connectivity index (χ3v) is 3.02. The maximum Gasteiger partial charge on any atom is 0.319 e. The van der Waals surface area contributed by atoms with Crippen molar-refractivity contribution in [3.63, 3.8) is 0 Å². The lowest BCUT2D eigenvalue weighted by molar-refractivity contribution is 0.170. The van der Waals surface area contributed by atoms with Crippen LogP contribution in [0.3, 0.4) is 0 Å². The molecule has 2 aromatic carbocycles. The van der Waals surface area contributed by atoms with Gasteiger partial charge in [0.1, 0.15) is 11.9 Å². The van der Waals surface area contributed by atoms with Crippen LogP contribution in [0.5, 0.6) is 0 Å². The van der Waals surface area contributed by atoms with Crippen LogP contribution < -0.4 is 10.6 Å². The highest BCUT2D eigenvalue weighted by atomic mass is 19.1. The molecule has 6 heteroatoms. The van der Waals surface area contributed by atoms with E-state index in [1.54, 1.807) is 30.3 Å². The third-order valence-electron chi connectivity index (χ3n) is 3.02. The number of benzene rings is 2. The molecule has 3 N–H and O–H groups in total. The Hall–Kier alpha value is -2.91. The van der Waals surface area contributed by atoms with Gasteiger partial charge in [-0.2, -0.15) is 5.26 Å². The minimum atomic E-state index is -1.15. The number of halogens is 1. The number of aliphatic hydroxyl groups excluding tert-OH is 1. The second kappa shape index (κ2) is 7.20. The summed E-state index contributed by atoms with van der Waals surface area (Å²) in [7, 11) is 0. The van der Waals surface area contributed by atoms with Crippen LogP contribution in [-0.2, 0) is 0 Å². The van der Waals surface area contributed by atoms with E-state index in [0.717, 1.165) is 0 Å². The number of carbonyl (C=O) groups is 1. The van der Waals surface area contributed by atoms with E-state index in [4.69, 9.17) is 5.26 Å². The summed E-state index contributed by atoms with van der Waals surface area (Å²) in [4.78, 5) is 11.8. The van der Waals surface area contributed by atoms with Gasteiger partial charge in [0.05, 0.1) is 17.4 Å². The van der Waals surface area contributed by atoms with Crippen LogP contribution in [0.25, 0.3) is 0 Å². The molecule has 1 atom stereocenters. The highest BCUT2D eigenvalue weighted by Gasteiger charge is 2.13. The lowest BCUT2D eigenvalue weighted by Gasteiger charge is -2.14. The quantitative estimate of drug-likeness (QED) is 0.811. The van der Waals surface area contributed by atoms with Crippen LogP contribution in [0.15, 0.2) is 48.5 Å². The highest BCUT2D eigenvalue weighted by molar-refractivity contribution is 5.90. The van der Waals surface area contributed by atoms with Gasteiger partial charge in [-0.25, -0.2) is 9.18 Å². The molecule has 0 aliphatic rings. The summed E-state index contributed by atoms with van der Waals surface area (Å²) in [5.41, 5.74) is 0.801. The standard InChI is InChI=1S/C16H14FN3O2/c17-13-7-3-2-6-12(13)15(21)10-19-16(22)20-14-8-4-1-5-11(14)9-18/h1-8,15,21H,10H2,(H2,19,20,22). The molecule has 5 nitrogen and oxygen atoms in total. The average Bonchev–Trinajstić information content (AvgIpc) is 2.53. The zero-order chi connectivity index (χ0) is 15.9. The lowest BCUT2D eigenvalue weighted by atomic mass is 10.1. The summed E-state index contributed by atoms with van der Waals surface area (Å²) in [5, 5.41) is 23.7. The molecule has 0 heterocycles. The van der Waals surface area contributed by atoms with E-state index in [-0.39, 0.29) is 12.1 Å². The van der Waals surface area contributed by atoms with Crippen LogP contribution >= 0.6 is 0 Å². The van der Waals surface area contributed by atoms with Gasteiger partial charge in [-0.05, 0) is 18.2 Å². The van der Waals surface area contributed by atoms with Gasteiger partial charge in [0.25, 0.3) is 0 Å². The number of hydrogen-bond donors (Lipinski definition) is 3. The van der Waals surface area contributed by atoms with Crippen molar-refractivity contribution in [2.45, 2.75) is 6.10 Å². The number of rotatable bonds is 4. The molecule has 2 aromatic rings. The number of amides is 2. The third kappa shape index (κ3) is 3.81. The number of anilines is 1. The minimum absolute atomic E-state index is 0.111. The summed E-state index contributed by atoms with van der Waals surface area (Å²) < 4.78 is 13.5. The summed E-state index contributed by atoms with van der Waals surface area (Å²) in [5.74, 6) is -0.535. The fourth-order valence-corrected chi connectivity index (χ4v) is 1.90. The van der Waals surface area contributed by atoms with E-state index in [9.17, 15) is 14.3 Å². The Morgan fingerprint density at radius 3 is 2.64 bits per heavy atom. The molecule has 22 heavy (non-hydrogen) atoms. The van der Waals surface area contributed by atoms with Crippen molar-refractivity contribution in [1.29, 1.82) is 5.26 Å².